The van der Waals surface area contributed by atoms with E-state index in [4.69, 9.17) is 11.6 Å². The van der Waals surface area contributed by atoms with Crippen LogP contribution in [-0.4, -0.2) is 33.7 Å². The fourth-order valence-corrected chi connectivity index (χ4v) is 3.59. The third-order valence-electron chi connectivity index (χ3n) is 3.78. The number of nitrogens with one attached hydrogen (secondary N) is 1. The molecule has 0 saturated carbocycles. The predicted octanol–water partition coefficient (Wildman–Crippen LogP) is 3.50. The summed E-state index contributed by atoms with van der Waals surface area (Å²) in [5.74, 6) is -0.0395. The number of carbonyl (C=O) groups excluding carboxylic acids is 1. The van der Waals surface area contributed by atoms with Crippen molar-refractivity contribution in [2.45, 2.75) is 46.0 Å². The molecule has 1 amide bonds. The number of hydrogen-bond acceptors (Lipinski definition) is 3. The van der Waals surface area contributed by atoms with Crippen molar-refractivity contribution in [2.24, 2.45) is 0 Å². The van der Waals surface area contributed by atoms with Crippen LogP contribution in [0.2, 0.25) is 5.02 Å². The van der Waals surface area contributed by atoms with Crippen molar-refractivity contribution in [1.82, 2.24) is 5.32 Å². The molecule has 0 aliphatic heterocycles. The summed E-state index contributed by atoms with van der Waals surface area (Å²) in [7, 11) is -3.44. The Balaban J connectivity index is 2.63. The van der Waals surface area contributed by atoms with Gasteiger partial charge in [-0.2, -0.15) is 0 Å². The van der Waals surface area contributed by atoms with Gasteiger partial charge in [0, 0.05) is 24.5 Å². The highest BCUT2D eigenvalue weighted by Gasteiger charge is 2.20. The summed E-state index contributed by atoms with van der Waals surface area (Å²) >= 11 is 6.09. The van der Waals surface area contributed by atoms with Gasteiger partial charge in [-0.3, -0.25) is 9.10 Å². The van der Waals surface area contributed by atoms with Crippen LogP contribution in [0, 0.1) is 6.92 Å². The topological polar surface area (TPSA) is 66.5 Å². The molecule has 7 heteroatoms. The normalized spacial score (nSPS) is 11.3. The van der Waals surface area contributed by atoms with Gasteiger partial charge in [-0.25, -0.2) is 8.42 Å². The molecule has 1 aromatic rings. The van der Waals surface area contributed by atoms with Gasteiger partial charge in [0.1, 0.15) is 0 Å². The van der Waals surface area contributed by atoms with E-state index in [1.54, 1.807) is 25.1 Å². The molecule has 1 rings (SSSR count). The lowest BCUT2D eigenvalue weighted by molar-refractivity contribution is -0.121. The van der Waals surface area contributed by atoms with E-state index in [9.17, 15) is 13.2 Å². The van der Waals surface area contributed by atoms with Gasteiger partial charge in [-0.1, -0.05) is 37.4 Å². The van der Waals surface area contributed by atoms with Crippen LogP contribution in [0.15, 0.2) is 18.2 Å². The van der Waals surface area contributed by atoms with Gasteiger partial charge in [-0.05, 0) is 37.5 Å². The first kappa shape index (κ1) is 20.8. The maximum Gasteiger partial charge on any atom is 0.232 e. The number of hydrogen-bond donors (Lipinski definition) is 1. The summed E-state index contributed by atoms with van der Waals surface area (Å²) in [4.78, 5) is 11.8. The van der Waals surface area contributed by atoms with Gasteiger partial charge in [0.15, 0.2) is 0 Å². The van der Waals surface area contributed by atoms with E-state index in [0.717, 1.165) is 25.5 Å². The molecular formula is C17H27ClN2O3S. The molecule has 0 fully saturated rings. The fourth-order valence-electron chi connectivity index (χ4n) is 2.41. The van der Waals surface area contributed by atoms with Crippen molar-refractivity contribution in [3.05, 3.63) is 28.8 Å². The lowest BCUT2D eigenvalue weighted by atomic mass is 10.2. The van der Waals surface area contributed by atoms with E-state index in [1.807, 2.05) is 0 Å². The quantitative estimate of drug-likeness (QED) is 0.637. The number of sulfonamides is 1. The second-order valence-electron chi connectivity index (χ2n) is 5.88. The average Bonchev–Trinajstić information content (AvgIpc) is 2.50. The second-order valence-corrected chi connectivity index (χ2v) is 8.19. The molecule has 136 valence electrons. The van der Waals surface area contributed by atoms with E-state index in [0.29, 0.717) is 35.7 Å². The molecule has 1 N–H and O–H groups in total. The molecule has 24 heavy (non-hydrogen) atoms. The van der Waals surface area contributed by atoms with Crippen molar-refractivity contribution in [3.63, 3.8) is 0 Å². The number of unbranched alkanes of at least 4 members (excludes halogenated alkanes) is 2. The fraction of sp³-hybridized carbons (Fsp3) is 0.588. The summed E-state index contributed by atoms with van der Waals surface area (Å²) < 4.78 is 25.5. The molecule has 0 radical (unpaired) electrons. The second kappa shape index (κ2) is 9.89. The molecule has 0 aliphatic carbocycles. The maximum absolute atomic E-state index is 12.1. The summed E-state index contributed by atoms with van der Waals surface area (Å²) in [5.41, 5.74) is 1.28. The highest BCUT2D eigenvalue weighted by atomic mass is 35.5. The van der Waals surface area contributed by atoms with Gasteiger partial charge in [0.2, 0.25) is 15.9 Å². The first-order chi connectivity index (χ1) is 11.3. The van der Waals surface area contributed by atoms with Crippen LogP contribution in [0.3, 0.4) is 0 Å². The lowest BCUT2D eigenvalue weighted by Gasteiger charge is -2.24. The minimum Gasteiger partial charge on any atom is -0.356 e. The standard InChI is InChI=1S/C17H27ClN2O3S/c1-4-5-6-12-19-17(21)11-8-13-20(24(3,22)23)16-10-7-9-15(18)14(16)2/h7,9-10H,4-6,8,11-13H2,1-3H3,(H,19,21). The molecule has 0 unspecified atom stereocenters. The van der Waals surface area contributed by atoms with Crippen LogP contribution in [0.25, 0.3) is 0 Å². The highest BCUT2D eigenvalue weighted by Crippen LogP contribution is 2.28. The largest absolute Gasteiger partial charge is 0.356 e. The Kier molecular flexibility index (Phi) is 8.56. The SMILES string of the molecule is CCCCCNC(=O)CCCN(c1cccc(Cl)c1C)S(C)(=O)=O. The van der Waals surface area contributed by atoms with Crippen LogP contribution in [0.1, 0.15) is 44.6 Å². The zero-order chi connectivity index (χ0) is 18.2. The number of amides is 1. The summed E-state index contributed by atoms with van der Waals surface area (Å²) in [6.07, 6.45) is 5.10. The van der Waals surface area contributed by atoms with Crippen LogP contribution in [0.4, 0.5) is 5.69 Å². The third-order valence-corrected chi connectivity index (χ3v) is 5.37. The first-order valence-electron chi connectivity index (χ1n) is 8.27. The molecule has 0 spiro atoms. The summed E-state index contributed by atoms with van der Waals surface area (Å²) in [5, 5.41) is 3.39. The Bertz CT molecular complexity index is 647. The van der Waals surface area contributed by atoms with Crippen molar-refractivity contribution in [1.29, 1.82) is 0 Å². The maximum atomic E-state index is 12.1. The van der Waals surface area contributed by atoms with Gasteiger partial charge < -0.3 is 5.32 Å². The van der Waals surface area contributed by atoms with Crippen LogP contribution in [-0.2, 0) is 14.8 Å². The Morgan fingerprint density at radius 1 is 1.25 bits per heavy atom. The zero-order valence-electron chi connectivity index (χ0n) is 14.6. The highest BCUT2D eigenvalue weighted by molar-refractivity contribution is 7.92. The minimum atomic E-state index is -3.44. The molecule has 0 heterocycles. The Morgan fingerprint density at radius 2 is 1.96 bits per heavy atom. The van der Waals surface area contributed by atoms with Crippen LogP contribution < -0.4 is 9.62 Å². The molecule has 0 aromatic heterocycles. The van der Waals surface area contributed by atoms with Crippen molar-refractivity contribution in [2.75, 3.05) is 23.7 Å². The van der Waals surface area contributed by atoms with Gasteiger partial charge in [-0.15, -0.1) is 0 Å². The predicted molar refractivity (Wildman–Crippen MR) is 100 cm³/mol. The van der Waals surface area contributed by atoms with Crippen molar-refractivity contribution >= 4 is 33.2 Å². The lowest BCUT2D eigenvalue weighted by Crippen LogP contribution is -2.32. The summed E-state index contributed by atoms with van der Waals surface area (Å²) in [6.45, 7) is 4.83. The molecule has 5 nitrogen and oxygen atoms in total. The van der Waals surface area contributed by atoms with E-state index >= 15 is 0 Å². The van der Waals surface area contributed by atoms with Gasteiger partial charge in [0.05, 0.1) is 11.9 Å². The number of anilines is 1. The Hall–Kier alpha value is -1.27. The van der Waals surface area contributed by atoms with Gasteiger partial charge in [0.25, 0.3) is 0 Å². The Labute approximate surface area is 150 Å². The molecule has 1 aromatic carbocycles. The number of rotatable bonds is 10. The number of halogens is 1. The smallest absolute Gasteiger partial charge is 0.232 e. The minimum absolute atomic E-state index is 0.0395. The van der Waals surface area contributed by atoms with Crippen molar-refractivity contribution in [3.8, 4) is 0 Å². The van der Waals surface area contributed by atoms with E-state index in [-0.39, 0.29) is 12.5 Å². The zero-order valence-corrected chi connectivity index (χ0v) is 16.2. The molecule has 0 atom stereocenters. The molecule has 0 bridgehead atoms. The van der Waals surface area contributed by atoms with Gasteiger partial charge >= 0.3 is 0 Å². The Morgan fingerprint density at radius 3 is 2.58 bits per heavy atom. The van der Waals surface area contributed by atoms with E-state index < -0.39 is 10.0 Å². The van der Waals surface area contributed by atoms with Crippen molar-refractivity contribution < 1.29 is 13.2 Å². The van der Waals surface area contributed by atoms with E-state index in [1.165, 1.54) is 4.31 Å². The molecule has 0 saturated heterocycles. The number of benzene rings is 1. The summed E-state index contributed by atoms with van der Waals surface area (Å²) in [6, 6.07) is 5.18. The third kappa shape index (κ3) is 6.69. The number of nitrogens with zero attached hydrogens (tertiary/aromatic N) is 1. The van der Waals surface area contributed by atoms with E-state index in [2.05, 4.69) is 12.2 Å². The first-order valence-corrected chi connectivity index (χ1v) is 10.5. The van der Waals surface area contributed by atoms with Crippen LogP contribution in [0.5, 0.6) is 0 Å². The molecule has 0 aliphatic rings. The molecular weight excluding hydrogens is 348 g/mol. The monoisotopic (exact) mass is 374 g/mol. The average molecular weight is 375 g/mol. The van der Waals surface area contributed by atoms with Crippen LogP contribution >= 0.6 is 11.6 Å². The number of carbonyl (C=O) groups is 1.